The van der Waals surface area contributed by atoms with Crippen molar-refractivity contribution >= 4 is 0 Å². The van der Waals surface area contributed by atoms with Crippen LogP contribution in [0, 0.1) is 11.3 Å². The highest BCUT2D eigenvalue weighted by Crippen LogP contribution is 2.42. The fraction of sp³-hybridized carbons (Fsp3) is 0.571. The number of benzene rings is 1. The van der Waals surface area contributed by atoms with Crippen molar-refractivity contribution in [3.63, 3.8) is 0 Å². The van der Waals surface area contributed by atoms with Crippen LogP contribution in [0.5, 0.6) is 11.5 Å². The van der Waals surface area contributed by atoms with Gasteiger partial charge < -0.3 is 10.2 Å². The molecule has 90 valence electrons. The van der Waals surface area contributed by atoms with E-state index in [1.165, 1.54) is 0 Å². The van der Waals surface area contributed by atoms with Crippen LogP contribution in [0.4, 0.5) is 0 Å². The molecule has 0 saturated carbocycles. The molecule has 1 aromatic carbocycles. The van der Waals surface area contributed by atoms with Crippen LogP contribution in [-0.4, -0.2) is 10.2 Å². The van der Waals surface area contributed by atoms with Gasteiger partial charge in [-0.05, 0) is 34.9 Å². The highest BCUT2D eigenvalue weighted by molar-refractivity contribution is 5.42. The van der Waals surface area contributed by atoms with Gasteiger partial charge in [0, 0.05) is 0 Å². The van der Waals surface area contributed by atoms with Crippen molar-refractivity contribution in [2.45, 2.75) is 40.5 Å². The van der Waals surface area contributed by atoms with Gasteiger partial charge in [-0.1, -0.05) is 40.7 Å². The van der Waals surface area contributed by atoms with Crippen LogP contribution < -0.4 is 0 Å². The van der Waals surface area contributed by atoms with Gasteiger partial charge in [0.2, 0.25) is 0 Å². The molecule has 2 nitrogen and oxygen atoms in total. The first-order valence-electron chi connectivity index (χ1n) is 5.75. The van der Waals surface area contributed by atoms with Gasteiger partial charge >= 0.3 is 0 Å². The van der Waals surface area contributed by atoms with Crippen molar-refractivity contribution < 1.29 is 10.2 Å². The second-order valence-corrected chi connectivity index (χ2v) is 5.84. The molecule has 2 N–H and O–H groups in total. The Morgan fingerprint density at radius 1 is 1.00 bits per heavy atom. The molecule has 0 saturated heterocycles. The summed E-state index contributed by atoms with van der Waals surface area (Å²) in [6, 6.07) is 5.13. The molecular formula is C14H22O2. The Morgan fingerprint density at radius 3 is 1.94 bits per heavy atom. The fourth-order valence-electron chi connectivity index (χ4n) is 2.62. The molecule has 2 heteroatoms. The van der Waals surface area contributed by atoms with E-state index in [1.807, 2.05) is 6.07 Å². The third-order valence-corrected chi connectivity index (χ3v) is 2.96. The van der Waals surface area contributed by atoms with Gasteiger partial charge in [0.05, 0.1) is 0 Å². The minimum Gasteiger partial charge on any atom is -0.504 e. The molecule has 0 aliphatic heterocycles. The van der Waals surface area contributed by atoms with Crippen molar-refractivity contribution in [1.82, 2.24) is 0 Å². The maximum absolute atomic E-state index is 9.55. The predicted molar refractivity (Wildman–Crippen MR) is 66.8 cm³/mol. The lowest BCUT2D eigenvalue weighted by Gasteiger charge is -2.34. The maximum Gasteiger partial charge on any atom is 0.157 e. The number of hydrogen-bond acceptors (Lipinski definition) is 2. The van der Waals surface area contributed by atoms with Crippen LogP contribution in [0.2, 0.25) is 0 Å². The molecule has 1 unspecified atom stereocenters. The van der Waals surface area contributed by atoms with Crippen molar-refractivity contribution in [1.29, 1.82) is 0 Å². The second-order valence-electron chi connectivity index (χ2n) is 5.84. The molecule has 0 spiro atoms. The summed E-state index contributed by atoms with van der Waals surface area (Å²) < 4.78 is 0. The highest BCUT2D eigenvalue weighted by Gasteiger charge is 2.29. The summed E-state index contributed by atoms with van der Waals surface area (Å²) in [6.45, 7) is 10.9. The third kappa shape index (κ3) is 2.69. The molecule has 1 atom stereocenters. The summed E-state index contributed by atoms with van der Waals surface area (Å²) >= 11 is 0. The first kappa shape index (κ1) is 12.9. The number of phenolic OH excluding ortho intramolecular Hbond substituents is 2. The van der Waals surface area contributed by atoms with Gasteiger partial charge in [0.15, 0.2) is 11.5 Å². The molecular weight excluding hydrogens is 200 g/mol. The van der Waals surface area contributed by atoms with E-state index < -0.39 is 0 Å². The van der Waals surface area contributed by atoms with Crippen LogP contribution >= 0.6 is 0 Å². The Kier molecular flexibility index (Phi) is 3.51. The summed E-state index contributed by atoms with van der Waals surface area (Å²) in [4.78, 5) is 0. The van der Waals surface area contributed by atoms with E-state index in [4.69, 9.17) is 0 Å². The first-order chi connectivity index (χ1) is 7.23. The molecule has 0 amide bonds. The topological polar surface area (TPSA) is 40.5 Å². The molecule has 0 fully saturated rings. The quantitative estimate of drug-likeness (QED) is 0.745. The van der Waals surface area contributed by atoms with Crippen molar-refractivity contribution in [3.05, 3.63) is 23.8 Å². The van der Waals surface area contributed by atoms with Gasteiger partial charge in [0.25, 0.3) is 0 Å². The summed E-state index contributed by atoms with van der Waals surface area (Å²) in [5.74, 6) is 0.760. The Labute approximate surface area is 97.9 Å². The zero-order valence-electron chi connectivity index (χ0n) is 10.8. The van der Waals surface area contributed by atoms with Crippen molar-refractivity contribution in [3.8, 4) is 11.5 Å². The lowest BCUT2D eigenvalue weighted by Crippen LogP contribution is -2.23. The van der Waals surface area contributed by atoms with E-state index in [2.05, 4.69) is 34.6 Å². The monoisotopic (exact) mass is 222 g/mol. The van der Waals surface area contributed by atoms with Gasteiger partial charge in [-0.15, -0.1) is 0 Å². The molecule has 0 bridgehead atoms. The van der Waals surface area contributed by atoms with E-state index in [-0.39, 0.29) is 16.9 Å². The number of aromatic hydroxyl groups is 2. The third-order valence-electron chi connectivity index (χ3n) is 2.96. The number of phenols is 2. The molecule has 0 aromatic heterocycles. The Hall–Kier alpha value is -1.18. The van der Waals surface area contributed by atoms with Gasteiger partial charge in [-0.3, -0.25) is 0 Å². The fourth-order valence-corrected chi connectivity index (χ4v) is 2.62. The Bertz CT molecular complexity index is 361. The molecule has 0 aliphatic carbocycles. The van der Waals surface area contributed by atoms with Crippen molar-refractivity contribution in [2.24, 2.45) is 11.3 Å². The number of hydrogen-bond donors (Lipinski definition) is 2. The maximum atomic E-state index is 9.55. The average Bonchev–Trinajstić information content (AvgIpc) is 2.08. The lowest BCUT2D eigenvalue weighted by molar-refractivity contribution is 0.257. The summed E-state index contributed by atoms with van der Waals surface area (Å²) in [7, 11) is 0. The second kappa shape index (κ2) is 4.36. The largest absolute Gasteiger partial charge is 0.504 e. The minimum atomic E-state index is -0.0554. The van der Waals surface area contributed by atoms with E-state index in [9.17, 15) is 10.2 Å². The highest BCUT2D eigenvalue weighted by atomic mass is 16.3. The van der Waals surface area contributed by atoms with Crippen LogP contribution in [0.25, 0.3) is 0 Å². The smallest absolute Gasteiger partial charge is 0.157 e. The predicted octanol–water partition coefficient (Wildman–Crippen LogP) is 3.88. The van der Waals surface area contributed by atoms with Crippen LogP contribution in [0.1, 0.15) is 46.1 Å². The standard InChI is InChI=1S/C14H22O2/c1-9(2)13(14(3,4)5)10-6-7-11(15)12(16)8-10/h6-9,13,15-16H,1-5H3. The molecule has 0 radical (unpaired) electrons. The summed E-state index contributed by atoms with van der Waals surface area (Å²) in [5.41, 5.74) is 1.22. The Morgan fingerprint density at radius 2 is 1.56 bits per heavy atom. The lowest BCUT2D eigenvalue weighted by atomic mass is 9.70. The zero-order chi connectivity index (χ0) is 12.5. The molecule has 1 rings (SSSR count). The van der Waals surface area contributed by atoms with E-state index in [0.717, 1.165) is 5.56 Å². The van der Waals surface area contributed by atoms with Gasteiger partial charge in [-0.25, -0.2) is 0 Å². The van der Waals surface area contributed by atoms with Gasteiger partial charge in [-0.2, -0.15) is 0 Å². The Balaban J connectivity index is 3.17. The van der Waals surface area contributed by atoms with E-state index in [0.29, 0.717) is 11.8 Å². The SMILES string of the molecule is CC(C)C(c1ccc(O)c(O)c1)C(C)(C)C. The average molecular weight is 222 g/mol. The summed E-state index contributed by atoms with van der Waals surface area (Å²) in [5, 5.41) is 18.9. The molecule has 0 aliphatic rings. The normalized spacial score (nSPS) is 14.1. The van der Waals surface area contributed by atoms with Crippen LogP contribution in [-0.2, 0) is 0 Å². The first-order valence-corrected chi connectivity index (χ1v) is 5.75. The summed E-state index contributed by atoms with van der Waals surface area (Å²) in [6.07, 6.45) is 0. The molecule has 0 heterocycles. The molecule has 16 heavy (non-hydrogen) atoms. The van der Waals surface area contributed by atoms with E-state index in [1.54, 1.807) is 12.1 Å². The van der Waals surface area contributed by atoms with Crippen LogP contribution in [0.15, 0.2) is 18.2 Å². The van der Waals surface area contributed by atoms with Crippen LogP contribution in [0.3, 0.4) is 0 Å². The zero-order valence-corrected chi connectivity index (χ0v) is 10.8. The minimum absolute atomic E-state index is 0.0348. The van der Waals surface area contributed by atoms with E-state index >= 15 is 0 Å². The van der Waals surface area contributed by atoms with Crippen molar-refractivity contribution in [2.75, 3.05) is 0 Å². The number of rotatable bonds is 2. The molecule has 1 aromatic rings. The van der Waals surface area contributed by atoms with Gasteiger partial charge in [0.1, 0.15) is 0 Å².